The Hall–Kier alpha value is -2.27. The molecule has 29 heavy (non-hydrogen) atoms. The van der Waals surface area contributed by atoms with E-state index in [1.807, 2.05) is 13.0 Å². The molecule has 5 nitrogen and oxygen atoms in total. The van der Waals surface area contributed by atoms with Crippen molar-refractivity contribution in [3.05, 3.63) is 53.0 Å². The first-order valence-corrected chi connectivity index (χ1v) is 10.9. The molecular weight excluding hydrogens is 362 g/mol. The molecule has 1 amide bonds. The Bertz CT molecular complexity index is 844. The van der Waals surface area contributed by atoms with Crippen LogP contribution in [0.1, 0.15) is 35.5 Å². The van der Waals surface area contributed by atoms with Gasteiger partial charge < -0.3 is 14.2 Å². The molecule has 2 saturated heterocycles. The number of piperidine rings is 1. The number of anilines is 1. The fraction of sp³-hybridized carbons (Fsp3) is 0.542. The summed E-state index contributed by atoms with van der Waals surface area (Å²) < 4.78 is 5.70. The van der Waals surface area contributed by atoms with Crippen LogP contribution < -0.4 is 4.90 Å². The van der Waals surface area contributed by atoms with Gasteiger partial charge in [-0.05, 0) is 76.0 Å². The van der Waals surface area contributed by atoms with E-state index in [0.29, 0.717) is 5.91 Å². The molecule has 0 spiro atoms. The summed E-state index contributed by atoms with van der Waals surface area (Å²) in [7, 11) is 0. The molecule has 0 aliphatic carbocycles. The number of likely N-dealkylation sites (tertiary alicyclic amines) is 1. The van der Waals surface area contributed by atoms with Gasteiger partial charge in [-0.2, -0.15) is 0 Å². The van der Waals surface area contributed by atoms with Gasteiger partial charge in [-0.3, -0.25) is 9.69 Å². The second-order valence-corrected chi connectivity index (χ2v) is 8.59. The fourth-order valence-corrected chi connectivity index (χ4v) is 4.63. The van der Waals surface area contributed by atoms with Gasteiger partial charge in [-0.15, -0.1) is 0 Å². The molecule has 2 aliphatic heterocycles. The standard InChI is InChI=1S/C24H33N3O2/c1-18-5-4-6-23(20(18)3)26-13-15-27(16-14-26)24(28)21-9-11-25(12-10-21)17-22-8-7-19(2)29-22/h4-8,21H,9-17H2,1-3H3. The van der Waals surface area contributed by atoms with Gasteiger partial charge >= 0.3 is 0 Å². The second-order valence-electron chi connectivity index (χ2n) is 8.59. The quantitative estimate of drug-likeness (QED) is 0.790. The molecule has 0 radical (unpaired) electrons. The van der Waals surface area contributed by atoms with E-state index >= 15 is 0 Å². The van der Waals surface area contributed by atoms with Gasteiger partial charge in [-0.1, -0.05) is 12.1 Å². The number of aryl methyl sites for hydroxylation is 2. The second kappa shape index (κ2) is 8.62. The van der Waals surface area contributed by atoms with E-state index in [2.05, 4.69) is 52.8 Å². The van der Waals surface area contributed by atoms with Crippen LogP contribution in [0.4, 0.5) is 5.69 Å². The number of nitrogens with zero attached hydrogens (tertiary/aromatic N) is 3. The minimum atomic E-state index is 0.178. The van der Waals surface area contributed by atoms with E-state index in [1.54, 1.807) is 0 Å². The summed E-state index contributed by atoms with van der Waals surface area (Å²) in [5.74, 6) is 2.52. The van der Waals surface area contributed by atoms with Crippen LogP contribution in [0, 0.1) is 26.7 Å². The molecular formula is C24H33N3O2. The zero-order valence-corrected chi connectivity index (χ0v) is 18.0. The molecule has 156 valence electrons. The summed E-state index contributed by atoms with van der Waals surface area (Å²) >= 11 is 0. The molecule has 5 heteroatoms. The number of hydrogen-bond acceptors (Lipinski definition) is 4. The number of furan rings is 1. The Morgan fingerprint density at radius 3 is 2.34 bits per heavy atom. The molecule has 0 saturated carbocycles. The van der Waals surface area contributed by atoms with E-state index in [4.69, 9.17) is 4.42 Å². The monoisotopic (exact) mass is 395 g/mol. The van der Waals surface area contributed by atoms with E-state index in [0.717, 1.165) is 70.2 Å². The molecule has 0 unspecified atom stereocenters. The molecule has 0 atom stereocenters. The minimum Gasteiger partial charge on any atom is -0.465 e. The third-order valence-corrected chi connectivity index (χ3v) is 6.62. The molecule has 0 bridgehead atoms. The van der Waals surface area contributed by atoms with E-state index in [-0.39, 0.29) is 5.92 Å². The van der Waals surface area contributed by atoms with Crippen molar-refractivity contribution < 1.29 is 9.21 Å². The van der Waals surface area contributed by atoms with Crippen LogP contribution in [-0.2, 0) is 11.3 Å². The summed E-state index contributed by atoms with van der Waals surface area (Å²) in [5, 5.41) is 0. The molecule has 4 rings (SSSR count). The number of benzene rings is 1. The van der Waals surface area contributed by atoms with Crippen molar-refractivity contribution in [1.82, 2.24) is 9.80 Å². The lowest BCUT2D eigenvalue weighted by Gasteiger charge is -2.39. The average molecular weight is 396 g/mol. The largest absolute Gasteiger partial charge is 0.465 e. The summed E-state index contributed by atoms with van der Waals surface area (Å²) in [6.45, 7) is 12.6. The summed E-state index contributed by atoms with van der Waals surface area (Å²) in [5.41, 5.74) is 4.00. The Labute approximate surface area is 174 Å². The van der Waals surface area contributed by atoms with Crippen molar-refractivity contribution in [2.45, 2.75) is 40.2 Å². The lowest BCUT2D eigenvalue weighted by molar-refractivity contribution is -0.137. The fourth-order valence-electron chi connectivity index (χ4n) is 4.63. The van der Waals surface area contributed by atoms with Crippen LogP contribution in [0.25, 0.3) is 0 Å². The Morgan fingerprint density at radius 1 is 0.966 bits per heavy atom. The zero-order valence-electron chi connectivity index (χ0n) is 18.0. The first kappa shape index (κ1) is 20.0. The highest BCUT2D eigenvalue weighted by molar-refractivity contribution is 5.79. The van der Waals surface area contributed by atoms with Gasteiger partial charge in [0.15, 0.2) is 0 Å². The van der Waals surface area contributed by atoms with Crippen LogP contribution in [-0.4, -0.2) is 55.0 Å². The third kappa shape index (κ3) is 4.50. The lowest BCUT2D eigenvalue weighted by Crippen LogP contribution is -2.51. The average Bonchev–Trinajstić information content (AvgIpc) is 3.15. The number of piperazine rings is 1. The summed E-state index contributed by atoms with van der Waals surface area (Å²) in [6.07, 6.45) is 1.91. The molecule has 1 aromatic carbocycles. The molecule has 2 aliphatic rings. The first-order valence-electron chi connectivity index (χ1n) is 10.9. The Kier molecular flexibility index (Phi) is 5.95. The number of rotatable bonds is 4. The van der Waals surface area contributed by atoms with E-state index in [9.17, 15) is 4.79 Å². The van der Waals surface area contributed by atoms with Crippen molar-refractivity contribution in [3.8, 4) is 0 Å². The lowest BCUT2D eigenvalue weighted by atomic mass is 9.95. The Balaban J connectivity index is 1.26. The van der Waals surface area contributed by atoms with E-state index < -0.39 is 0 Å². The van der Waals surface area contributed by atoms with Crippen molar-refractivity contribution in [2.75, 3.05) is 44.2 Å². The maximum absolute atomic E-state index is 13.1. The SMILES string of the molecule is Cc1ccc(CN2CCC(C(=O)N3CCN(c4cccc(C)c4C)CC3)CC2)o1. The van der Waals surface area contributed by atoms with Crippen LogP contribution in [0.3, 0.4) is 0 Å². The summed E-state index contributed by atoms with van der Waals surface area (Å²) in [6, 6.07) is 10.6. The molecule has 3 heterocycles. The van der Waals surface area contributed by atoms with Gasteiger partial charge in [0.25, 0.3) is 0 Å². The van der Waals surface area contributed by atoms with Gasteiger partial charge in [0.1, 0.15) is 11.5 Å². The van der Waals surface area contributed by atoms with Crippen molar-refractivity contribution >= 4 is 11.6 Å². The normalized spacial score (nSPS) is 19.0. The first-order chi connectivity index (χ1) is 14.0. The number of hydrogen-bond donors (Lipinski definition) is 0. The smallest absolute Gasteiger partial charge is 0.225 e. The highest BCUT2D eigenvalue weighted by atomic mass is 16.3. The highest BCUT2D eigenvalue weighted by Gasteiger charge is 2.30. The van der Waals surface area contributed by atoms with Crippen LogP contribution in [0.15, 0.2) is 34.7 Å². The molecule has 1 aromatic heterocycles. The highest BCUT2D eigenvalue weighted by Crippen LogP contribution is 2.26. The maximum Gasteiger partial charge on any atom is 0.225 e. The van der Waals surface area contributed by atoms with E-state index in [1.165, 1.54) is 16.8 Å². The zero-order chi connectivity index (χ0) is 20.4. The minimum absolute atomic E-state index is 0.178. The molecule has 0 N–H and O–H groups in total. The van der Waals surface area contributed by atoms with Gasteiger partial charge in [0.2, 0.25) is 5.91 Å². The van der Waals surface area contributed by atoms with Gasteiger partial charge in [0.05, 0.1) is 6.54 Å². The van der Waals surface area contributed by atoms with Gasteiger partial charge in [-0.25, -0.2) is 0 Å². The predicted octanol–water partition coefficient (Wildman–Crippen LogP) is 3.77. The maximum atomic E-state index is 13.1. The molecule has 2 aromatic rings. The number of carbonyl (C=O) groups excluding carboxylic acids is 1. The van der Waals surface area contributed by atoms with Crippen molar-refractivity contribution in [3.63, 3.8) is 0 Å². The van der Waals surface area contributed by atoms with Crippen LogP contribution in [0.2, 0.25) is 0 Å². The summed E-state index contributed by atoms with van der Waals surface area (Å²) in [4.78, 5) is 20.0. The molecule has 2 fully saturated rings. The number of carbonyl (C=O) groups is 1. The topological polar surface area (TPSA) is 39.9 Å². The Morgan fingerprint density at radius 2 is 1.69 bits per heavy atom. The third-order valence-electron chi connectivity index (χ3n) is 6.62. The number of amides is 1. The predicted molar refractivity (Wildman–Crippen MR) is 116 cm³/mol. The van der Waals surface area contributed by atoms with Crippen molar-refractivity contribution in [1.29, 1.82) is 0 Å². The van der Waals surface area contributed by atoms with Gasteiger partial charge in [0, 0.05) is 37.8 Å². The van der Waals surface area contributed by atoms with Crippen molar-refractivity contribution in [2.24, 2.45) is 5.92 Å². The van der Waals surface area contributed by atoms with Crippen LogP contribution >= 0.6 is 0 Å². The van der Waals surface area contributed by atoms with Crippen LogP contribution in [0.5, 0.6) is 0 Å².